The Morgan fingerprint density at radius 1 is 1.26 bits per heavy atom. The van der Waals surface area contributed by atoms with Crippen LogP contribution in [-0.4, -0.2) is 15.3 Å². The van der Waals surface area contributed by atoms with Crippen LogP contribution in [0.1, 0.15) is 28.6 Å². The number of hydrogen-bond acceptors (Lipinski definition) is 3. The molecule has 5 heteroatoms. The van der Waals surface area contributed by atoms with Crippen molar-refractivity contribution in [3.05, 3.63) is 57.6 Å². The molecule has 0 spiro atoms. The molecule has 2 rings (SSSR count). The van der Waals surface area contributed by atoms with E-state index in [2.05, 4.69) is 10.2 Å². The van der Waals surface area contributed by atoms with Crippen LogP contribution < -0.4 is 0 Å². The van der Waals surface area contributed by atoms with E-state index >= 15 is 0 Å². The number of aliphatic hydroxyl groups excluding tert-OH is 1. The van der Waals surface area contributed by atoms with Gasteiger partial charge in [0.15, 0.2) is 0 Å². The maximum absolute atomic E-state index is 13.6. The molecule has 0 aliphatic carbocycles. The largest absolute Gasteiger partial charge is 0.388 e. The number of aliphatic hydroxyl groups is 1. The van der Waals surface area contributed by atoms with Crippen LogP contribution in [0.3, 0.4) is 0 Å². The summed E-state index contributed by atoms with van der Waals surface area (Å²) in [6.07, 6.45) is -0.680. The van der Waals surface area contributed by atoms with E-state index in [1.165, 1.54) is 18.2 Å². The van der Waals surface area contributed by atoms with E-state index < -0.39 is 6.10 Å². The zero-order chi connectivity index (χ0) is 14.0. The van der Waals surface area contributed by atoms with Crippen LogP contribution in [0.4, 0.5) is 4.39 Å². The van der Waals surface area contributed by atoms with Gasteiger partial charge in [0, 0.05) is 17.0 Å². The van der Waals surface area contributed by atoms with Crippen molar-refractivity contribution in [3.8, 4) is 0 Å². The fourth-order valence-corrected chi connectivity index (χ4v) is 2.12. The van der Waals surface area contributed by atoms with Gasteiger partial charge in [-0.15, -0.1) is 0 Å². The first-order valence-corrected chi connectivity index (χ1v) is 6.28. The molecule has 3 nitrogen and oxygen atoms in total. The van der Waals surface area contributed by atoms with Crippen molar-refractivity contribution in [1.29, 1.82) is 0 Å². The predicted octanol–water partition coefficient (Wildman–Crippen LogP) is 3.16. The van der Waals surface area contributed by atoms with Gasteiger partial charge >= 0.3 is 0 Å². The van der Waals surface area contributed by atoms with Gasteiger partial charge in [0.05, 0.1) is 17.5 Å². The highest BCUT2D eigenvalue weighted by Crippen LogP contribution is 2.24. The topological polar surface area (TPSA) is 46.0 Å². The molecule has 0 saturated carbocycles. The van der Waals surface area contributed by atoms with Crippen LogP contribution in [0.25, 0.3) is 0 Å². The highest BCUT2D eigenvalue weighted by Gasteiger charge is 2.15. The zero-order valence-corrected chi connectivity index (χ0v) is 11.4. The van der Waals surface area contributed by atoms with E-state index in [-0.39, 0.29) is 12.2 Å². The Morgan fingerprint density at radius 2 is 2.00 bits per heavy atom. The summed E-state index contributed by atoms with van der Waals surface area (Å²) in [7, 11) is 0. The molecule has 1 N–H and O–H groups in total. The fraction of sp³-hybridized carbons (Fsp3) is 0.286. The SMILES string of the molecule is Cc1cc(C(O)Cc2cc(Cl)ccc2F)c(C)nn1. The van der Waals surface area contributed by atoms with Crippen molar-refractivity contribution in [2.24, 2.45) is 0 Å². The molecule has 19 heavy (non-hydrogen) atoms. The molecule has 1 heterocycles. The molecule has 0 saturated heterocycles. The van der Waals surface area contributed by atoms with Gasteiger partial charge < -0.3 is 5.11 Å². The lowest BCUT2D eigenvalue weighted by atomic mass is 10.00. The summed E-state index contributed by atoms with van der Waals surface area (Å²) in [5.74, 6) is -0.375. The molecule has 0 radical (unpaired) electrons. The maximum Gasteiger partial charge on any atom is 0.126 e. The summed E-state index contributed by atoms with van der Waals surface area (Å²) < 4.78 is 13.6. The summed E-state index contributed by atoms with van der Waals surface area (Å²) in [5.41, 5.74) is 2.40. The lowest BCUT2D eigenvalue weighted by Gasteiger charge is -2.14. The fourth-order valence-electron chi connectivity index (χ4n) is 1.93. The Balaban J connectivity index is 2.27. The lowest BCUT2D eigenvalue weighted by Crippen LogP contribution is -2.08. The van der Waals surface area contributed by atoms with Crippen LogP contribution in [0.2, 0.25) is 5.02 Å². The third kappa shape index (κ3) is 3.28. The zero-order valence-electron chi connectivity index (χ0n) is 10.7. The summed E-state index contributed by atoms with van der Waals surface area (Å²) in [4.78, 5) is 0. The second-order valence-corrected chi connectivity index (χ2v) is 4.92. The molecule has 1 atom stereocenters. The number of aromatic nitrogens is 2. The number of aryl methyl sites for hydroxylation is 2. The minimum atomic E-state index is -0.831. The van der Waals surface area contributed by atoms with Gasteiger partial charge in [-0.2, -0.15) is 10.2 Å². The first kappa shape index (κ1) is 13.9. The van der Waals surface area contributed by atoms with Crippen LogP contribution in [0.5, 0.6) is 0 Å². The van der Waals surface area contributed by atoms with Gasteiger partial charge in [0.1, 0.15) is 5.82 Å². The minimum absolute atomic E-state index is 0.151. The summed E-state index contributed by atoms with van der Waals surface area (Å²) in [6.45, 7) is 3.56. The van der Waals surface area contributed by atoms with E-state index in [9.17, 15) is 9.50 Å². The molecule has 1 aromatic heterocycles. The number of hydrogen-bond donors (Lipinski definition) is 1. The summed E-state index contributed by atoms with van der Waals surface area (Å²) in [5, 5.41) is 18.5. The lowest BCUT2D eigenvalue weighted by molar-refractivity contribution is 0.175. The quantitative estimate of drug-likeness (QED) is 0.939. The van der Waals surface area contributed by atoms with Crippen LogP contribution in [0, 0.1) is 19.7 Å². The molecular formula is C14H14ClFN2O. The Labute approximate surface area is 116 Å². The summed E-state index contributed by atoms with van der Waals surface area (Å²) in [6, 6.07) is 6.07. The Kier molecular flexibility index (Phi) is 4.12. The summed E-state index contributed by atoms with van der Waals surface area (Å²) >= 11 is 5.83. The molecule has 0 aliphatic heterocycles. The smallest absolute Gasteiger partial charge is 0.126 e. The average Bonchev–Trinajstić information content (AvgIpc) is 2.36. The molecule has 0 fully saturated rings. The third-order valence-electron chi connectivity index (χ3n) is 2.92. The van der Waals surface area contributed by atoms with E-state index in [4.69, 9.17) is 11.6 Å². The second kappa shape index (κ2) is 5.63. The standard InChI is InChI=1S/C14H14ClFN2O/c1-8-5-12(9(2)18-17-8)14(19)7-10-6-11(15)3-4-13(10)16/h3-6,14,19H,7H2,1-2H3. The maximum atomic E-state index is 13.6. The molecule has 100 valence electrons. The first-order chi connectivity index (χ1) is 8.97. The van der Waals surface area contributed by atoms with Gasteiger partial charge in [-0.3, -0.25) is 0 Å². The van der Waals surface area contributed by atoms with Crippen LogP contribution in [0.15, 0.2) is 24.3 Å². The van der Waals surface area contributed by atoms with Crippen molar-refractivity contribution in [3.63, 3.8) is 0 Å². The van der Waals surface area contributed by atoms with E-state index in [0.29, 0.717) is 27.5 Å². The number of halogens is 2. The molecule has 1 aromatic carbocycles. The van der Waals surface area contributed by atoms with Gasteiger partial charge in [-0.25, -0.2) is 4.39 Å². The van der Waals surface area contributed by atoms with Crippen molar-refractivity contribution in [2.45, 2.75) is 26.4 Å². The average molecular weight is 281 g/mol. The van der Waals surface area contributed by atoms with Crippen molar-refractivity contribution < 1.29 is 9.50 Å². The van der Waals surface area contributed by atoms with Gasteiger partial charge in [-0.1, -0.05) is 11.6 Å². The van der Waals surface area contributed by atoms with Gasteiger partial charge in [0.2, 0.25) is 0 Å². The van der Waals surface area contributed by atoms with E-state index in [0.717, 1.165) is 0 Å². The minimum Gasteiger partial charge on any atom is -0.388 e. The van der Waals surface area contributed by atoms with Gasteiger partial charge in [0.25, 0.3) is 0 Å². The van der Waals surface area contributed by atoms with Crippen LogP contribution >= 0.6 is 11.6 Å². The molecular weight excluding hydrogens is 267 g/mol. The Hall–Kier alpha value is -1.52. The highest BCUT2D eigenvalue weighted by molar-refractivity contribution is 6.30. The third-order valence-corrected chi connectivity index (χ3v) is 3.16. The van der Waals surface area contributed by atoms with E-state index in [1.54, 1.807) is 19.9 Å². The van der Waals surface area contributed by atoms with Gasteiger partial charge in [-0.05, 0) is 43.7 Å². The molecule has 0 bridgehead atoms. The Bertz CT molecular complexity index is 604. The molecule has 1 unspecified atom stereocenters. The number of rotatable bonds is 3. The van der Waals surface area contributed by atoms with Crippen molar-refractivity contribution in [1.82, 2.24) is 10.2 Å². The Morgan fingerprint density at radius 3 is 2.74 bits per heavy atom. The monoisotopic (exact) mass is 280 g/mol. The van der Waals surface area contributed by atoms with Crippen molar-refractivity contribution in [2.75, 3.05) is 0 Å². The van der Waals surface area contributed by atoms with Crippen LogP contribution in [-0.2, 0) is 6.42 Å². The van der Waals surface area contributed by atoms with Crippen molar-refractivity contribution >= 4 is 11.6 Å². The second-order valence-electron chi connectivity index (χ2n) is 4.48. The normalized spacial score (nSPS) is 12.5. The molecule has 0 amide bonds. The first-order valence-electron chi connectivity index (χ1n) is 5.90. The predicted molar refractivity (Wildman–Crippen MR) is 71.6 cm³/mol. The van der Waals surface area contributed by atoms with E-state index in [1.807, 2.05) is 0 Å². The molecule has 0 aliphatic rings. The number of nitrogens with zero attached hydrogens (tertiary/aromatic N) is 2. The highest BCUT2D eigenvalue weighted by atomic mass is 35.5. The number of benzene rings is 1. The molecule has 2 aromatic rings.